The van der Waals surface area contributed by atoms with Crippen LogP contribution in [0, 0.1) is 17.8 Å². The molecule has 0 aliphatic rings. The van der Waals surface area contributed by atoms with Crippen molar-refractivity contribution in [2.24, 2.45) is 17.8 Å². The number of ether oxygens (including phenoxy) is 1. The summed E-state index contributed by atoms with van der Waals surface area (Å²) in [4.78, 5) is 12.1. The summed E-state index contributed by atoms with van der Waals surface area (Å²) >= 11 is 0. The van der Waals surface area contributed by atoms with Crippen LogP contribution in [0.2, 0.25) is 0 Å². The molecular formula is C46H90O2. The zero-order valence-electron chi connectivity index (χ0n) is 34.0. The maximum Gasteiger partial charge on any atom is 0.333 e. The van der Waals surface area contributed by atoms with Crippen molar-refractivity contribution < 1.29 is 9.53 Å². The number of unbranched alkanes of at least 4 members (excludes halogenated alkanes) is 24. The van der Waals surface area contributed by atoms with Gasteiger partial charge in [-0.1, -0.05) is 240 Å². The second kappa shape index (κ2) is 37.5. The molecule has 0 aromatic carbocycles. The number of hydrogen-bond donors (Lipinski definition) is 0. The Bertz CT molecular complexity index is 669. The fraction of sp³-hybridized carbons (Fsp3) is 0.935. The summed E-state index contributed by atoms with van der Waals surface area (Å²) in [6, 6.07) is 0. The molecule has 0 N–H and O–H groups in total. The molecule has 0 aromatic heterocycles. The van der Waals surface area contributed by atoms with Crippen LogP contribution in [-0.2, 0) is 9.53 Å². The monoisotopic (exact) mass is 675 g/mol. The smallest absolute Gasteiger partial charge is 0.333 e. The highest BCUT2D eigenvalue weighted by molar-refractivity contribution is 5.86. The van der Waals surface area contributed by atoms with E-state index in [0.29, 0.717) is 18.1 Å². The fourth-order valence-corrected chi connectivity index (χ4v) is 7.44. The van der Waals surface area contributed by atoms with Crippen LogP contribution in [-0.4, -0.2) is 12.6 Å². The van der Waals surface area contributed by atoms with E-state index in [1.165, 1.54) is 218 Å². The van der Waals surface area contributed by atoms with E-state index in [1.807, 2.05) is 0 Å². The van der Waals surface area contributed by atoms with Gasteiger partial charge in [0.1, 0.15) is 0 Å². The summed E-state index contributed by atoms with van der Waals surface area (Å²) < 4.78 is 5.63. The molecule has 3 atom stereocenters. The van der Waals surface area contributed by atoms with Crippen LogP contribution in [0.1, 0.15) is 253 Å². The number of carbonyl (C=O) groups excluding carboxylic acids is 1. The molecule has 0 saturated carbocycles. The molecule has 286 valence electrons. The topological polar surface area (TPSA) is 26.3 Å². The first-order valence-electron chi connectivity index (χ1n) is 22.2. The Morgan fingerprint density at radius 3 is 1.00 bits per heavy atom. The van der Waals surface area contributed by atoms with Gasteiger partial charge in [0.2, 0.25) is 0 Å². The summed E-state index contributed by atoms with van der Waals surface area (Å²) in [5, 5.41) is 0. The lowest BCUT2D eigenvalue weighted by Gasteiger charge is -2.18. The van der Waals surface area contributed by atoms with Crippen molar-refractivity contribution >= 4 is 5.97 Å². The van der Waals surface area contributed by atoms with Gasteiger partial charge in [0.15, 0.2) is 0 Å². The van der Waals surface area contributed by atoms with E-state index in [4.69, 9.17) is 4.74 Å². The minimum Gasteiger partial charge on any atom is -0.462 e. The van der Waals surface area contributed by atoms with E-state index in [-0.39, 0.29) is 5.97 Å². The predicted octanol–water partition coefficient (Wildman–Crippen LogP) is 16.3. The number of carbonyl (C=O) groups is 1. The lowest BCUT2D eigenvalue weighted by molar-refractivity contribution is -0.140. The zero-order valence-corrected chi connectivity index (χ0v) is 34.0. The Morgan fingerprint density at radius 1 is 0.438 bits per heavy atom. The first kappa shape index (κ1) is 47.2. The molecule has 0 aliphatic carbocycles. The van der Waals surface area contributed by atoms with Gasteiger partial charge in [-0.3, -0.25) is 0 Å². The van der Waals surface area contributed by atoms with E-state index in [1.54, 1.807) is 6.92 Å². The standard InChI is InChI=1S/C46H90O2/c1-7-9-11-13-15-17-19-21-23-25-29-35-43(5)37-31-27-28-32-39-45(41-48-46(47)42(3)4)40-34-33-38-44(6)36-30-26-24-22-20-18-16-14-12-10-8-2/h43-45H,3,7-41H2,1-2,4-6H3. The van der Waals surface area contributed by atoms with Gasteiger partial charge >= 0.3 is 5.97 Å². The summed E-state index contributed by atoms with van der Waals surface area (Å²) in [7, 11) is 0. The van der Waals surface area contributed by atoms with Gasteiger partial charge in [0.05, 0.1) is 6.61 Å². The molecule has 0 spiro atoms. The molecule has 3 unspecified atom stereocenters. The van der Waals surface area contributed by atoms with Crippen molar-refractivity contribution in [3.05, 3.63) is 12.2 Å². The van der Waals surface area contributed by atoms with Gasteiger partial charge in [-0.15, -0.1) is 0 Å². The lowest BCUT2D eigenvalue weighted by Crippen LogP contribution is -2.15. The molecule has 0 radical (unpaired) electrons. The molecule has 0 bridgehead atoms. The van der Waals surface area contributed by atoms with Crippen LogP contribution < -0.4 is 0 Å². The van der Waals surface area contributed by atoms with Gasteiger partial charge in [-0.25, -0.2) is 4.79 Å². The summed E-state index contributed by atoms with van der Waals surface area (Å²) in [5.74, 6) is 2.03. The van der Waals surface area contributed by atoms with Crippen LogP contribution in [0.3, 0.4) is 0 Å². The minimum atomic E-state index is -0.215. The highest BCUT2D eigenvalue weighted by Crippen LogP contribution is 2.24. The second-order valence-corrected chi connectivity index (χ2v) is 16.4. The number of esters is 1. The maximum atomic E-state index is 12.1. The van der Waals surface area contributed by atoms with Crippen molar-refractivity contribution in [3.8, 4) is 0 Å². The Morgan fingerprint density at radius 2 is 0.688 bits per heavy atom. The van der Waals surface area contributed by atoms with Crippen molar-refractivity contribution in [3.63, 3.8) is 0 Å². The molecular weight excluding hydrogens is 585 g/mol. The predicted molar refractivity (Wildman–Crippen MR) is 216 cm³/mol. The van der Waals surface area contributed by atoms with Gasteiger partial charge in [-0.05, 0) is 37.5 Å². The molecule has 2 heteroatoms. The second-order valence-electron chi connectivity index (χ2n) is 16.4. The van der Waals surface area contributed by atoms with Gasteiger partial charge in [-0.2, -0.15) is 0 Å². The minimum absolute atomic E-state index is 0.215. The Balaban J connectivity index is 3.91. The van der Waals surface area contributed by atoms with Crippen molar-refractivity contribution in [1.82, 2.24) is 0 Å². The van der Waals surface area contributed by atoms with E-state index in [0.717, 1.165) is 11.8 Å². The van der Waals surface area contributed by atoms with Gasteiger partial charge in [0.25, 0.3) is 0 Å². The molecule has 0 fully saturated rings. The first-order valence-corrected chi connectivity index (χ1v) is 22.2. The Kier molecular flexibility index (Phi) is 36.8. The zero-order chi connectivity index (χ0) is 35.3. The average molecular weight is 675 g/mol. The molecule has 0 aromatic rings. The number of rotatable bonds is 39. The van der Waals surface area contributed by atoms with Crippen LogP contribution in [0.25, 0.3) is 0 Å². The van der Waals surface area contributed by atoms with E-state index >= 15 is 0 Å². The Hall–Kier alpha value is -0.790. The van der Waals surface area contributed by atoms with Crippen LogP contribution in [0.15, 0.2) is 12.2 Å². The molecule has 48 heavy (non-hydrogen) atoms. The molecule has 2 nitrogen and oxygen atoms in total. The SMILES string of the molecule is C=C(C)C(=O)OCC(CCCCCCC(C)CCCCCCCCCCCCC)CCCCC(C)CCCCCCCCCCCCC. The quantitative estimate of drug-likeness (QED) is 0.0368. The highest BCUT2D eigenvalue weighted by atomic mass is 16.5. The van der Waals surface area contributed by atoms with Crippen molar-refractivity contribution in [2.45, 2.75) is 253 Å². The van der Waals surface area contributed by atoms with Crippen molar-refractivity contribution in [2.75, 3.05) is 6.61 Å². The fourth-order valence-electron chi connectivity index (χ4n) is 7.44. The molecule has 0 heterocycles. The maximum absolute atomic E-state index is 12.1. The Labute approximate surface area is 304 Å². The average Bonchev–Trinajstić information content (AvgIpc) is 3.07. The van der Waals surface area contributed by atoms with Gasteiger partial charge in [0, 0.05) is 5.57 Å². The summed E-state index contributed by atoms with van der Waals surface area (Å²) in [5.41, 5.74) is 0.521. The van der Waals surface area contributed by atoms with E-state index in [9.17, 15) is 4.79 Å². The van der Waals surface area contributed by atoms with E-state index in [2.05, 4.69) is 34.3 Å². The third-order valence-electron chi connectivity index (χ3n) is 11.0. The van der Waals surface area contributed by atoms with E-state index < -0.39 is 0 Å². The third kappa shape index (κ3) is 35.1. The highest BCUT2D eigenvalue weighted by Gasteiger charge is 2.13. The number of hydrogen-bond acceptors (Lipinski definition) is 2. The third-order valence-corrected chi connectivity index (χ3v) is 11.0. The largest absolute Gasteiger partial charge is 0.462 e. The molecule has 0 amide bonds. The molecule has 0 rings (SSSR count). The summed E-state index contributed by atoms with van der Waals surface area (Å²) in [6.45, 7) is 15.6. The van der Waals surface area contributed by atoms with Crippen LogP contribution in [0.5, 0.6) is 0 Å². The lowest BCUT2D eigenvalue weighted by atomic mass is 9.92. The van der Waals surface area contributed by atoms with Crippen LogP contribution >= 0.6 is 0 Å². The first-order chi connectivity index (χ1) is 23.4. The summed E-state index contributed by atoms with van der Waals surface area (Å²) in [6.07, 6.45) is 47.5. The van der Waals surface area contributed by atoms with Crippen LogP contribution in [0.4, 0.5) is 0 Å². The molecule has 0 saturated heterocycles. The molecule has 0 aliphatic heterocycles. The normalized spacial score (nSPS) is 13.4. The van der Waals surface area contributed by atoms with Gasteiger partial charge < -0.3 is 4.74 Å². The van der Waals surface area contributed by atoms with Crippen molar-refractivity contribution in [1.29, 1.82) is 0 Å².